The average Bonchev–Trinajstić information content (AvgIpc) is 2.37. The van der Waals surface area contributed by atoms with E-state index in [-0.39, 0.29) is 0 Å². The molecule has 18 heavy (non-hydrogen) atoms. The summed E-state index contributed by atoms with van der Waals surface area (Å²) in [6.45, 7) is 4.95. The van der Waals surface area contributed by atoms with Crippen molar-refractivity contribution in [2.75, 3.05) is 13.7 Å². The molecular formula is C15H24ClNO. The highest BCUT2D eigenvalue weighted by atomic mass is 35.5. The van der Waals surface area contributed by atoms with Gasteiger partial charge >= 0.3 is 0 Å². The van der Waals surface area contributed by atoms with Crippen LogP contribution in [0.5, 0.6) is 5.75 Å². The summed E-state index contributed by atoms with van der Waals surface area (Å²) in [6, 6.07) is 4.09. The number of hydrogen-bond donors (Lipinski definition) is 1. The Morgan fingerprint density at radius 3 is 2.61 bits per heavy atom. The fraction of sp³-hybridized carbons (Fsp3) is 0.600. The van der Waals surface area contributed by atoms with Crippen LogP contribution in [0.15, 0.2) is 12.1 Å². The SMILES string of the molecule is CCCC(CCCN)c1cc(Cl)c(C)cc1OC. The number of ether oxygens (including phenoxy) is 1. The number of benzene rings is 1. The van der Waals surface area contributed by atoms with Gasteiger partial charge in [0.05, 0.1) is 7.11 Å². The summed E-state index contributed by atoms with van der Waals surface area (Å²) >= 11 is 6.24. The predicted octanol–water partition coefficient (Wildman–Crippen LogP) is 4.28. The molecule has 0 spiro atoms. The standard InChI is InChI=1S/C15H24ClNO/c1-4-6-12(7-5-8-17)13-10-14(16)11(2)9-15(13)18-3/h9-10,12H,4-8,17H2,1-3H3. The van der Waals surface area contributed by atoms with Crippen LogP contribution in [0.2, 0.25) is 5.02 Å². The molecule has 0 radical (unpaired) electrons. The topological polar surface area (TPSA) is 35.2 Å². The minimum atomic E-state index is 0.492. The lowest BCUT2D eigenvalue weighted by molar-refractivity contribution is 0.400. The monoisotopic (exact) mass is 269 g/mol. The van der Waals surface area contributed by atoms with E-state index < -0.39 is 0 Å². The van der Waals surface area contributed by atoms with Crippen molar-refractivity contribution >= 4 is 11.6 Å². The first-order chi connectivity index (χ1) is 8.63. The molecule has 1 aromatic carbocycles. The second-order valence-electron chi connectivity index (χ2n) is 4.76. The van der Waals surface area contributed by atoms with Crippen molar-refractivity contribution in [2.24, 2.45) is 5.73 Å². The second kappa shape index (κ2) is 7.65. The van der Waals surface area contributed by atoms with Gasteiger partial charge in [-0.25, -0.2) is 0 Å². The van der Waals surface area contributed by atoms with Gasteiger partial charge in [0.15, 0.2) is 0 Å². The number of rotatable bonds is 7. The third-order valence-corrected chi connectivity index (χ3v) is 3.75. The summed E-state index contributed by atoms with van der Waals surface area (Å²) in [5.74, 6) is 1.44. The molecule has 0 bridgehead atoms. The zero-order chi connectivity index (χ0) is 13.5. The quantitative estimate of drug-likeness (QED) is 0.802. The highest BCUT2D eigenvalue weighted by Gasteiger charge is 2.16. The van der Waals surface area contributed by atoms with Gasteiger partial charge in [-0.05, 0) is 61.9 Å². The van der Waals surface area contributed by atoms with Crippen LogP contribution < -0.4 is 10.5 Å². The zero-order valence-corrected chi connectivity index (χ0v) is 12.4. The summed E-state index contributed by atoms with van der Waals surface area (Å²) in [5, 5.41) is 0.819. The molecular weight excluding hydrogens is 246 g/mol. The first kappa shape index (κ1) is 15.3. The summed E-state index contributed by atoms with van der Waals surface area (Å²) in [5.41, 5.74) is 7.91. The van der Waals surface area contributed by atoms with Gasteiger partial charge in [-0.3, -0.25) is 0 Å². The maximum Gasteiger partial charge on any atom is 0.122 e. The summed E-state index contributed by atoms with van der Waals surface area (Å²) in [6.07, 6.45) is 4.44. The molecule has 0 heterocycles. The van der Waals surface area contributed by atoms with E-state index in [1.165, 1.54) is 5.56 Å². The summed E-state index contributed by atoms with van der Waals surface area (Å²) < 4.78 is 5.50. The van der Waals surface area contributed by atoms with Gasteiger partial charge < -0.3 is 10.5 Å². The van der Waals surface area contributed by atoms with E-state index in [9.17, 15) is 0 Å². The highest BCUT2D eigenvalue weighted by Crippen LogP contribution is 2.36. The van der Waals surface area contributed by atoms with Gasteiger partial charge in [0.2, 0.25) is 0 Å². The van der Waals surface area contributed by atoms with Gasteiger partial charge in [0, 0.05) is 5.02 Å². The van der Waals surface area contributed by atoms with Gasteiger partial charge in [-0.2, -0.15) is 0 Å². The van der Waals surface area contributed by atoms with Crippen molar-refractivity contribution in [1.29, 1.82) is 0 Å². The summed E-state index contributed by atoms with van der Waals surface area (Å²) in [7, 11) is 1.72. The van der Waals surface area contributed by atoms with Crippen LogP contribution in [0.1, 0.15) is 49.7 Å². The lowest BCUT2D eigenvalue weighted by atomic mass is 9.89. The van der Waals surface area contributed by atoms with Gasteiger partial charge in [-0.1, -0.05) is 24.9 Å². The smallest absolute Gasteiger partial charge is 0.122 e. The minimum Gasteiger partial charge on any atom is -0.496 e. The fourth-order valence-electron chi connectivity index (χ4n) is 2.33. The Morgan fingerprint density at radius 2 is 2.06 bits per heavy atom. The molecule has 0 amide bonds. The molecule has 3 heteroatoms. The molecule has 2 N–H and O–H groups in total. The average molecular weight is 270 g/mol. The van der Waals surface area contributed by atoms with Crippen LogP contribution in [0.4, 0.5) is 0 Å². The van der Waals surface area contributed by atoms with Crippen LogP contribution in [-0.4, -0.2) is 13.7 Å². The number of methoxy groups -OCH3 is 1. The summed E-state index contributed by atoms with van der Waals surface area (Å²) in [4.78, 5) is 0. The van der Waals surface area contributed by atoms with E-state index in [0.29, 0.717) is 5.92 Å². The Morgan fingerprint density at radius 1 is 1.33 bits per heavy atom. The van der Waals surface area contributed by atoms with Gasteiger partial charge in [0.25, 0.3) is 0 Å². The number of nitrogens with two attached hydrogens (primary N) is 1. The van der Waals surface area contributed by atoms with E-state index in [1.54, 1.807) is 7.11 Å². The number of halogens is 1. The fourth-order valence-corrected chi connectivity index (χ4v) is 2.51. The van der Waals surface area contributed by atoms with Gasteiger partial charge in [0.1, 0.15) is 5.75 Å². The lowest BCUT2D eigenvalue weighted by Gasteiger charge is -2.20. The van der Waals surface area contributed by atoms with Crippen molar-refractivity contribution in [3.8, 4) is 5.75 Å². The normalized spacial score (nSPS) is 12.5. The molecule has 1 aromatic rings. The Balaban J connectivity index is 3.04. The van der Waals surface area contributed by atoms with Crippen molar-refractivity contribution < 1.29 is 4.74 Å². The Kier molecular flexibility index (Phi) is 6.51. The van der Waals surface area contributed by atoms with E-state index in [4.69, 9.17) is 22.1 Å². The van der Waals surface area contributed by atoms with Crippen molar-refractivity contribution in [3.05, 3.63) is 28.3 Å². The molecule has 0 saturated carbocycles. The first-order valence-corrected chi connectivity index (χ1v) is 7.05. The van der Waals surface area contributed by atoms with E-state index in [0.717, 1.165) is 48.6 Å². The Labute approximate surface area is 115 Å². The van der Waals surface area contributed by atoms with Crippen LogP contribution in [-0.2, 0) is 0 Å². The van der Waals surface area contributed by atoms with E-state index in [1.807, 2.05) is 13.0 Å². The molecule has 0 aromatic heterocycles. The molecule has 0 fully saturated rings. The van der Waals surface area contributed by atoms with Crippen LogP contribution in [0, 0.1) is 6.92 Å². The van der Waals surface area contributed by atoms with Crippen molar-refractivity contribution in [3.63, 3.8) is 0 Å². The highest BCUT2D eigenvalue weighted by molar-refractivity contribution is 6.31. The molecule has 1 atom stereocenters. The second-order valence-corrected chi connectivity index (χ2v) is 5.17. The molecule has 0 aliphatic carbocycles. The Bertz CT molecular complexity index is 379. The molecule has 0 aliphatic rings. The molecule has 2 nitrogen and oxygen atoms in total. The largest absolute Gasteiger partial charge is 0.496 e. The number of hydrogen-bond acceptors (Lipinski definition) is 2. The molecule has 0 saturated heterocycles. The number of aryl methyl sites for hydroxylation is 1. The first-order valence-electron chi connectivity index (χ1n) is 6.68. The molecule has 1 unspecified atom stereocenters. The van der Waals surface area contributed by atoms with Crippen LogP contribution in [0.3, 0.4) is 0 Å². The maximum absolute atomic E-state index is 6.24. The molecule has 1 rings (SSSR count). The minimum absolute atomic E-state index is 0.492. The van der Waals surface area contributed by atoms with E-state index >= 15 is 0 Å². The Hall–Kier alpha value is -0.730. The van der Waals surface area contributed by atoms with Crippen molar-refractivity contribution in [2.45, 2.75) is 45.4 Å². The molecule has 102 valence electrons. The molecule has 0 aliphatic heterocycles. The van der Waals surface area contributed by atoms with E-state index in [2.05, 4.69) is 13.0 Å². The van der Waals surface area contributed by atoms with Crippen LogP contribution >= 0.6 is 11.6 Å². The van der Waals surface area contributed by atoms with Crippen LogP contribution in [0.25, 0.3) is 0 Å². The lowest BCUT2D eigenvalue weighted by Crippen LogP contribution is -2.06. The third kappa shape index (κ3) is 3.89. The van der Waals surface area contributed by atoms with Gasteiger partial charge in [-0.15, -0.1) is 0 Å². The van der Waals surface area contributed by atoms with Crippen molar-refractivity contribution in [1.82, 2.24) is 0 Å². The third-order valence-electron chi connectivity index (χ3n) is 3.34. The predicted molar refractivity (Wildman–Crippen MR) is 78.7 cm³/mol. The maximum atomic E-state index is 6.24. The zero-order valence-electron chi connectivity index (χ0n) is 11.6.